The summed E-state index contributed by atoms with van der Waals surface area (Å²) in [6.45, 7) is 28.0. The minimum Gasteiger partial charge on any atom is -0.298 e. The van der Waals surface area contributed by atoms with Crippen LogP contribution in [0.25, 0.3) is 0 Å². The molecule has 0 atom stereocenters. The first-order valence-electron chi connectivity index (χ1n) is 17.6. The van der Waals surface area contributed by atoms with E-state index in [2.05, 4.69) is 154 Å². The molecule has 48 heavy (non-hydrogen) atoms. The highest BCUT2D eigenvalue weighted by molar-refractivity contribution is 6.91. The van der Waals surface area contributed by atoms with Gasteiger partial charge in [0.25, 0.3) is 0 Å². The van der Waals surface area contributed by atoms with Gasteiger partial charge in [-0.15, -0.1) is 11.1 Å². The summed E-state index contributed by atoms with van der Waals surface area (Å²) < 4.78 is 0. The maximum absolute atomic E-state index is 11.6. The number of rotatable bonds is 7. The molecule has 0 aliphatic carbocycles. The molecule has 3 rings (SSSR count). The molecule has 0 amide bonds. The molecule has 1 nitrogen and oxygen atoms in total. The molecular weight excluding hydrogens is 613 g/mol. The molecular formula is C45H54OSi2. The van der Waals surface area contributed by atoms with Crippen LogP contribution in [-0.2, 0) is 0 Å². The quantitative estimate of drug-likeness (QED) is 0.139. The van der Waals surface area contributed by atoms with E-state index >= 15 is 0 Å². The van der Waals surface area contributed by atoms with Gasteiger partial charge in [-0.3, -0.25) is 4.79 Å². The highest BCUT2D eigenvalue weighted by Crippen LogP contribution is 2.41. The molecule has 0 heterocycles. The van der Waals surface area contributed by atoms with Crippen LogP contribution in [0.1, 0.15) is 127 Å². The summed E-state index contributed by atoms with van der Waals surface area (Å²) in [4.78, 5) is 11.6. The lowest BCUT2D eigenvalue weighted by Crippen LogP contribution is -2.43. The molecule has 0 bridgehead atoms. The smallest absolute Gasteiger partial charge is 0.150 e. The maximum Gasteiger partial charge on any atom is 0.150 e. The van der Waals surface area contributed by atoms with Gasteiger partial charge >= 0.3 is 0 Å². The average molecular weight is 667 g/mol. The van der Waals surface area contributed by atoms with E-state index < -0.39 is 16.1 Å². The van der Waals surface area contributed by atoms with Crippen molar-refractivity contribution in [2.75, 3.05) is 0 Å². The minimum atomic E-state index is -1.79. The van der Waals surface area contributed by atoms with Gasteiger partial charge in [0.15, 0.2) is 0 Å². The van der Waals surface area contributed by atoms with Gasteiger partial charge < -0.3 is 0 Å². The van der Waals surface area contributed by atoms with E-state index in [1.165, 1.54) is 0 Å². The fraction of sp³-hybridized carbons (Fsp3) is 0.400. The van der Waals surface area contributed by atoms with E-state index in [1.807, 2.05) is 36.4 Å². The van der Waals surface area contributed by atoms with Crippen LogP contribution in [0.15, 0.2) is 66.7 Å². The number of hydrogen-bond acceptors (Lipinski definition) is 1. The van der Waals surface area contributed by atoms with E-state index in [1.54, 1.807) is 6.07 Å². The number of carbonyl (C=O) groups excluding carboxylic acids is 1. The Labute approximate surface area is 294 Å². The molecule has 0 saturated carbocycles. The van der Waals surface area contributed by atoms with Crippen LogP contribution in [-0.4, -0.2) is 22.4 Å². The number of aldehydes is 1. The Hall–Kier alpha value is -4.00. The summed E-state index contributed by atoms with van der Waals surface area (Å²) in [5, 5.41) is 0. The zero-order chi connectivity index (χ0) is 35.6. The van der Waals surface area contributed by atoms with Gasteiger partial charge in [-0.05, 0) is 93.9 Å². The summed E-state index contributed by atoms with van der Waals surface area (Å²) in [5.74, 6) is 20.2. The van der Waals surface area contributed by atoms with E-state index in [9.17, 15) is 4.79 Å². The van der Waals surface area contributed by atoms with Gasteiger partial charge in [-0.25, -0.2) is 0 Å². The second-order valence-electron chi connectivity index (χ2n) is 14.9. The lowest BCUT2D eigenvalue weighted by atomic mass is 10.0. The van der Waals surface area contributed by atoms with Crippen LogP contribution in [0.2, 0.25) is 33.2 Å². The summed E-state index contributed by atoms with van der Waals surface area (Å²) in [6.07, 6.45) is 0.847. The highest BCUT2D eigenvalue weighted by Gasteiger charge is 2.42. The number of benzene rings is 3. The van der Waals surface area contributed by atoms with Crippen LogP contribution in [0.3, 0.4) is 0 Å². The van der Waals surface area contributed by atoms with E-state index in [0.717, 1.165) is 39.7 Å². The molecule has 3 heteroatoms. The van der Waals surface area contributed by atoms with E-state index in [-0.39, 0.29) is 0 Å². The van der Waals surface area contributed by atoms with Crippen LogP contribution in [0.5, 0.6) is 0 Å². The Morgan fingerprint density at radius 2 is 0.729 bits per heavy atom. The molecule has 0 saturated heterocycles. The highest BCUT2D eigenvalue weighted by atomic mass is 28.3. The SMILES string of the molecule is CC(C)[Si](C#Cc1ccc(C#Cc2ccc(C=O)cc2C#Cc2ccc(C#C[Si](C(C)C)(C(C)C)C(C)C)cc2)cc1)(C(C)C)C(C)C. The molecule has 248 valence electrons. The molecule has 0 aliphatic rings. The summed E-state index contributed by atoms with van der Waals surface area (Å²) in [5.41, 5.74) is 17.1. The van der Waals surface area contributed by atoms with Gasteiger partial charge in [-0.2, -0.15) is 0 Å². The van der Waals surface area contributed by atoms with Crippen molar-refractivity contribution in [2.45, 2.75) is 116 Å². The Morgan fingerprint density at radius 3 is 1.04 bits per heavy atom. The third-order valence-corrected chi connectivity index (χ3v) is 22.8. The van der Waals surface area contributed by atoms with Gasteiger partial charge in [0, 0.05) is 38.9 Å². The minimum absolute atomic E-state index is 0.579. The Kier molecular flexibility index (Phi) is 13.5. The molecule has 0 aliphatic heterocycles. The van der Waals surface area contributed by atoms with E-state index in [0.29, 0.717) is 38.8 Å². The molecule has 3 aromatic rings. The fourth-order valence-electron chi connectivity index (χ4n) is 7.63. The molecule has 3 aromatic carbocycles. The zero-order valence-electron chi connectivity index (χ0n) is 31.3. The Morgan fingerprint density at radius 1 is 0.417 bits per heavy atom. The van der Waals surface area contributed by atoms with Crippen molar-refractivity contribution in [1.29, 1.82) is 0 Å². The summed E-state index contributed by atoms with van der Waals surface area (Å²) in [6, 6.07) is 21.8. The molecule has 0 aromatic heterocycles. The summed E-state index contributed by atoms with van der Waals surface area (Å²) in [7, 11) is -3.58. The number of hydrogen-bond donors (Lipinski definition) is 0. The number of carbonyl (C=O) groups is 1. The van der Waals surface area contributed by atoms with Crippen molar-refractivity contribution in [3.05, 3.63) is 106 Å². The average Bonchev–Trinajstić information content (AvgIpc) is 3.03. The van der Waals surface area contributed by atoms with Gasteiger partial charge in [0.1, 0.15) is 22.4 Å². The maximum atomic E-state index is 11.6. The third kappa shape index (κ3) is 8.91. The van der Waals surface area contributed by atoms with Crippen LogP contribution in [0.4, 0.5) is 0 Å². The molecule has 0 N–H and O–H groups in total. The summed E-state index contributed by atoms with van der Waals surface area (Å²) >= 11 is 0. The van der Waals surface area contributed by atoms with Gasteiger partial charge in [-0.1, -0.05) is 125 Å². The van der Waals surface area contributed by atoms with E-state index in [4.69, 9.17) is 0 Å². The van der Waals surface area contributed by atoms with Gasteiger partial charge in [0.2, 0.25) is 0 Å². The lowest BCUT2D eigenvalue weighted by Gasteiger charge is -2.38. The van der Waals surface area contributed by atoms with Crippen molar-refractivity contribution >= 4 is 22.4 Å². The fourth-order valence-corrected chi connectivity index (χ4v) is 18.1. The largest absolute Gasteiger partial charge is 0.298 e. The first-order valence-corrected chi connectivity index (χ1v) is 22.0. The van der Waals surface area contributed by atoms with Crippen molar-refractivity contribution in [3.63, 3.8) is 0 Å². The van der Waals surface area contributed by atoms with Crippen molar-refractivity contribution in [1.82, 2.24) is 0 Å². The Bertz CT molecular complexity index is 1760. The van der Waals surface area contributed by atoms with Crippen LogP contribution in [0, 0.1) is 46.6 Å². The van der Waals surface area contributed by atoms with Gasteiger partial charge in [0.05, 0.1) is 0 Å². The topological polar surface area (TPSA) is 17.1 Å². The standard InChI is InChI=1S/C45H54OSi2/c1-33(2)47(34(3)4,35(5)6)29-27-41-17-13-39(14-18-41)21-24-44-25-23-43(32-46)31-45(44)26-22-40-15-19-42(20-16-40)28-30-48(36(7)8,37(9)10)38(11)12/h13-20,23,25,31-38H,1-12H3. The van der Waals surface area contributed by atoms with Crippen molar-refractivity contribution in [2.24, 2.45) is 0 Å². The van der Waals surface area contributed by atoms with Crippen molar-refractivity contribution < 1.29 is 4.79 Å². The molecule has 0 unspecified atom stereocenters. The van der Waals surface area contributed by atoms with Crippen LogP contribution < -0.4 is 0 Å². The lowest BCUT2D eigenvalue weighted by molar-refractivity contribution is 0.112. The second kappa shape index (κ2) is 16.9. The molecule has 0 fully saturated rings. The molecule has 0 radical (unpaired) electrons. The molecule has 0 spiro atoms. The van der Waals surface area contributed by atoms with Crippen molar-refractivity contribution in [3.8, 4) is 46.6 Å². The predicted molar refractivity (Wildman–Crippen MR) is 213 cm³/mol. The normalized spacial score (nSPS) is 11.5. The van der Waals surface area contributed by atoms with Crippen LogP contribution >= 0.6 is 0 Å². The zero-order valence-corrected chi connectivity index (χ0v) is 33.3. The third-order valence-electron chi connectivity index (χ3n) is 10.2. The monoisotopic (exact) mass is 666 g/mol. The first kappa shape index (κ1) is 38.5. The predicted octanol–water partition coefficient (Wildman–Crippen LogP) is 11.4. The first-order chi connectivity index (χ1) is 22.7. The Balaban J connectivity index is 1.88. The second-order valence-corrected chi connectivity index (χ2v) is 26.0.